The molecule has 0 saturated heterocycles. The molecule has 0 aliphatic heterocycles. The van der Waals surface area contributed by atoms with E-state index in [2.05, 4.69) is 4.98 Å². The zero-order valence-corrected chi connectivity index (χ0v) is 9.17. The van der Waals surface area contributed by atoms with E-state index in [1.807, 2.05) is 13.0 Å². The van der Waals surface area contributed by atoms with Crippen LogP contribution in [0.3, 0.4) is 0 Å². The minimum absolute atomic E-state index is 0.157. The second kappa shape index (κ2) is 4.01. The van der Waals surface area contributed by atoms with Crippen molar-refractivity contribution in [3.8, 4) is 5.75 Å². The van der Waals surface area contributed by atoms with Crippen LogP contribution in [0.5, 0.6) is 5.75 Å². The van der Waals surface area contributed by atoms with Gasteiger partial charge in [0, 0.05) is 23.7 Å². The highest BCUT2D eigenvalue weighted by atomic mass is 16.5. The van der Waals surface area contributed by atoms with Gasteiger partial charge in [0.25, 0.3) is 0 Å². The van der Waals surface area contributed by atoms with Crippen LogP contribution >= 0.6 is 0 Å². The van der Waals surface area contributed by atoms with Crippen molar-refractivity contribution in [3.05, 3.63) is 23.0 Å². The number of hydrogen-bond acceptors (Lipinski definition) is 3. The zero-order valence-electron chi connectivity index (χ0n) is 9.17. The molecule has 1 heterocycles. The number of Topliss-reactive ketones (excluding diaryl/α,β-unsaturated/α-hetero) is 1. The van der Waals surface area contributed by atoms with E-state index >= 15 is 0 Å². The Labute approximate surface area is 89.5 Å². The van der Waals surface area contributed by atoms with Crippen molar-refractivity contribution in [2.75, 3.05) is 7.11 Å². The van der Waals surface area contributed by atoms with Gasteiger partial charge in [-0.3, -0.25) is 4.79 Å². The fraction of sp³-hybridized carbons (Fsp3) is 0.500. The lowest BCUT2D eigenvalue weighted by molar-refractivity contribution is 0.0976. The number of hydrogen-bond donors (Lipinski definition) is 0. The molecule has 2 rings (SSSR count). The molecule has 0 N–H and O–H groups in total. The fourth-order valence-electron chi connectivity index (χ4n) is 2.03. The summed E-state index contributed by atoms with van der Waals surface area (Å²) in [6.45, 7) is 1.89. The Balaban J connectivity index is 2.58. The third kappa shape index (κ3) is 1.87. The second-order valence-corrected chi connectivity index (χ2v) is 3.92. The van der Waals surface area contributed by atoms with Gasteiger partial charge >= 0.3 is 0 Å². The highest BCUT2D eigenvalue weighted by Gasteiger charge is 2.20. The molecular formula is C12H15NO2. The fourth-order valence-corrected chi connectivity index (χ4v) is 2.03. The third-order valence-corrected chi connectivity index (χ3v) is 2.78. The summed E-state index contributed by atoms with van der Waals surface area (Å²) in [4.78, 5) is 16.1. The van der Waals surface area contributed by atoms with Crippen LogP contribution in [0.2, 0.25) is 0 Å². The summed E-state index contributed by atoms with van der Waals surface area (Å²) in [6, 6.07) is 1.90. The highest BCUT2D eigenvalue weighted by Crippen LogP contribution is 2.28. The lowest BCUT2D eigenvalue weighted by Gasteiger charge is -2.10. The quantitative estimate of drug-likeness (QED) is 0.660. The molecule has 1 aliphatic rings. The molecule has 1 aromatic rings. The van der Waals surface area contributed by atoms with E-state index < -0.39 is 0 Å². The van der Waals surface area contributed by atoms with Gasteiger partial charge in [-0.05, 0) is 26.2 Å². The molecule has 1 aromatic heterocycles. The SMILES string of the molecule is COc1cc(C)nc2c1CCCCC2=O. The number of carbonyl (C=O) groups is 1. The zero-order chi connectivity index (χ0) is 10.8. The van der Waals surface area contributed by atoms with Gasteiger partial charge in [-0.15, -0.1) is 0 Å². The maximum Gasteiger partial charge on any atom is 0.181 e. The maximum absolute atomic E-state index is 11.8. The van der Waals surface area contributed by atoms with Crippen LogP contribution in [0.4, 0.5) is 0 Å². The standard InChI is InChI=1S/C12H15NO2/c1-8-7-11(15-2)9-5-3-4-6-10(14)12(9)13-8/h7H,3-6H2,1-2H3. The topological polar surface area (TPSA) is 39.2 Å². The monoisotopic (exact) mass is 205 g/mol. The van der Waals surface area contributed by atoms with Gasteiger partial charge in [-0.25, -0.2) is 4.98 Å². The number of fused-ring (bicyclic) bond motifs is 1. The van der Waals surface area contributed by atoms with Gasteiger partial charge < -0.3 is 4.74 Å². The summed E-state index contributed by atoms with van der Waals surface area (Å²) >= 11 is 0. The van der Waals surface area contributed by atoms with E-state index in [-0.39, 0.29) is 5.78 Å². The molecule has 1 aliphatic carbocycles. The average molecular weight is 205 g/mol. The summed E-state index contributed by atoms with van der Waals surface area (Å²) in [6.07, 6.45) is 3.52. The number of aromatic nitrogens is 1. The molecule has 0 spiro atoms. The molecule has 0 unspecified atom stereocenters. The number of carbonyl (C=O) groups excluding carboxylic acids is 1. The van der Waals surface area contributed by atoms with Gasteiger partial charge in [0.15, 0.2) is 5.78 Å². The van der Waals surface area contributed by atoms with Crippen molar-refractivity contribution in [3.63, 3.8) is 0 Å². The average Bonchev–Trinajstić information content (AvgIpc) is 2.40. The van der Waals surface area contributed by atoms with Crippen molar-refractivity contribution in [2.24, 2.45) is 0 Å². The molecule has 0 fully saturated rings. The van der Waals surface area contributed by atoms with Crippen molar-refractivity contribution in [1.29, 1.82) is 0 Å². The molecular weight excluding hydrogens is 190 g/mol. The minimum Gasteiger partial charge on any atom is -0.496 e. The smallest absolute Gasteiger partial charge is 0.181 e. The number of nitrogens with zero attached hydrogens (tertiary/aromatic N) is 1. The van der Waals surface area contributed by atoms with Crippen LogP contribution in [0.1, 0.15) is 41.0 Å². The van der Waals surface area contributed by atoms with Crippen molar-refractivity contribution in [1.82, 2.24) is 4.98 Å². The number of methoxy groups -OCH3 is 1. The van der Waals surface area contributed by atoms with E-state index in [1.165, 1.54) is 0 Å². The normalized spacial score (nSPS) is 15.7. The van der Waals surface area contributed by atoms with Gasteiger partial charge in [0.2, 0.25) is 0 Å². The Hall–Kier alpha value is -1.38. The molecule has 0 radical (unpaired) electrons. The van der Waals surface area contributed by atoms with Crippen molar-refractivity contribution < 1.29 is 9.53 Å². The van der Waals surface area contributed by atoms with Crippen LogP contribution in [-0.4, -0.2) is 17.9 Å². The van der Waals surface area contributed by atoms with Crippen LogP contribution in [0, 0.1) is 6.92 Å². The summed E-state index contributed by atoms with van der Waals surface area (Å²) < 4.78 is 5.31. The largest absolute Gasteiger partial charge is 0.496 e. The summed E-state index contributed by atoms with van der Waals surface area (Å²) in [5, 5.41) is 0. The van der Waals surface area contributed by atoms with Crippen LogP contribution in [0.25, 0.3) is 0 Å². The molecule has 3 nitrogen and oxygen atoms in total. The first kappa shape index (κ1) is 10.1. The lowest BCUT2D eigenvalue weighted by atomic mass is 10.1. The number of rotatable bonds is 1. The molecule has 0 atom stereocenters. The Morgan fingerprint density at radius 3 is 2.80 bits per heavy atom. The maximum atomic E-state index is 11.8. The van der Waals surface area contributed by atoms with E-state index in [1.54, 1.807) is 7.11 Å². The van der Waals surface area contributed by atoms with Crippen molar-refractivity contribution >= 4 is 5.78 Å². The predicted octanol–water partition coefficient (Wildman–Crippen LogP) is 2.31. The van der Waals surface area contributed by atoms with E-state index in [9.17, 15) is 4.79 Å². The van der Waals surface area contributed by atoms with Crippen LogP contribution < -0.4 is 4.74 Å². The van der Waals surface area contributed by atoms with Gasteiger partial charge in [-0.2, -0.15) is 0 Å². The van der Waals surface area contributed by atoms with E-state index in [4.69, 9.17) is 4.74 Å². The van der Waals surface area contributed by atoms with Crippen molar-refractivity contribution in [2.45, 2.75) is 32.6 Å². The molecule has 0 aromatic carbocycles. The van der Waals surface area contributed by atoms with Gasteiger partial charge in [0.05, 0.1) is 7.11 Å². The first-order chi connectivity index (χ1) is 7.22. The van der Waals surface area contributed by atoms with Crippen LogP contribution in [0.15, 0.2) is 6.07 Å². The van der Waals surface area contributed by atoms with E-state index in [0.717, 1.165) is 36.3 Å². The Bertz CT molecular complexity index is 399. The lowest BCUT2D eigenvalue weighted by Crippen LogP contribution is -2.06. The molecule has 3 heteroatoms. The molecule has 0 bridgehead atoms. The third-order valence-electron chi connectivity index (χ3n) is 2.78. The summed E-state index contributed by atoms with van der Waals surface area (Å²) in [7, 11) is 1.64. The first-order valence-electron chi connectivity index (χ1n) is 5.30. The number of pyridine rings is 1. The molecule has 0 amide bonds. The number of ether oxygens (including phenoxy) is 1. The van der Waals surface area contributed by atoms with Gasteiger partial charge in [0.1, 0.15) is 11.4 Å². The summed E-state index contributed by atoms with van der Waals surface area (Å²) in [5.41, 5.74) is 2.47. The minimum atomic E-state index is 0.157. The molecule has 80 valence electrons. The number of aryl methyl sites for hydroxylation is 1. The first-order valence-corrected chi connectivity index (χ1v) is 5.30. The summed E-state index contributed by atoms with van der Waals surface area (Å²) in [5.74, 6) is 0.970. The van der Waals surface area contributed by atoms with E-state index in [0.29, 0.717) is 12.1 Å². The Morgan fingerprint density at radius 1 is 1.33 bits per heavy atom. The van der Waals surface area contributed by atoms with Crippen LogP contribution in [-0.2, 0) is 6.42 Å². The second-order valence-electron chi connectivity index (χ2n) is 3.92. The van der Waals surface area contributed by atoms with Gasteiger partial charge in [-0.1, -0.05) is 0 Å². The molecule has 15 heavy (non-hydrogen) atoms. The Kier molecular flexibility index (Phi) is 2.71. The predicted molar refractivity (Wildman–Crippen MR) is 57.4 cm³/mol. The molecule has 0 saturated carbocycles. The highest BCUT2D eigenvalue weighted by molar-refractivity contribution is 5.96. The number of ketones is 1. The Morgan fingerprint density at radius 2 is 2.07 bits per heavy atom.